The third-order valence-electron chi connectivity index (χ3n) is 2.30. The van der Waals surface area contributed by atoms with E-state index in [0.717, 1.165) is 0 Å². The van der Waals surface area contributed by atoms with Crippen LogP contribution in [0.4, 0.5) is 5.69 Å². The highest BCUT2D eigenvalue weighted by Crippen LogP contribution is 2.14. The summed E-state index contributed by atoms with van der Waals surface area (Å²) in [6.45, 7) is 0. The quantitative estimate of drug-likeness (QED) is 0.813. The second kappa shape index (κ2) is 5.76. The number of rotatable bonds is 3. The zero-order valence-electron chi connectivity index (χ0n) is 10.0. The predicted octanol–water partition coefficient (Wildman–Crippen LogP) is 0.899. The molecule has 0 saturated heterocycles. The van der Waals surface area contributed by atoms with Crippen LogP contribution in [0.2, 0.25) is 0 Å². The summed E-state index contributed by atoms with van der Waals surface area (Å²) >= 11 is 0. The number of hydrogen-bond acceptors (Lipinski definition) is 7. The Kier molecular flexibility index (Phi) is 3.67. The molecule has 94 valence electrons. The van der Waals surface area contributed by atoms with Crippen LogP contribution in [0.3, 0.4) is 0 Å². The van der Waals surface area contributed by atoms with Gasteiger partial charge in [0, 0.05) is 5.69 Å². The monoisotopic (exact) mass is 262 g/mol. The fourth-order valence-corrected chi connectivity index (χ4v) is 1.39. The fraction of sp³-hybridized carbons (Fsp3) is 0. The lowest BCUT2D eigenvalue weighted by Gasteiger charge is -2.05. The van der Waals surface area contributed by atoms with E-state index in [9.17, 15) is 0 Å². The molecule has 0 bridgehead atoms. The lowest BCUT2D eigenvalue weighted by Crippen LogP contribution is -2.02. The number of tetrazole rings is 1. The van der Waals surface area contributed by atoms with Crippen molar-refractivity contribution < 1.29 is 0 Å². The second-order valence-corrected chi connectivity index (χ2v) is 3.48. The summed E-state index contributed by atoms with van der Waals surface area (Å²) in [4.78, 5) is 1.33. The number of anilines is 1. The largest absolute Gasteiger partial charge is 0.345 e. The first-order chi connectivity index (χ1) is 9.78. The molecule has 0 aliphatic heterocycles. The van der Waals surface area contributed by atoms with Gasteiger partial charge in [0.1, 0.15) is 23.9 Å². The number of aromatic nitrogens is 4. The Morgan fingerprint density at radius 3 is 2.25 bits per heavy atom. The first-order valence-electron chi connectivity index (χ1n) is 5.33. The second-order valence-electron chi connectivity index (χ2n) is 3.48. The van der Waals surface area contributed by atoms with Gasteiger partial charge in [-0.1, -0.05) is 0 Å². The van der Waals surface area contributed by atoms with Crippen LogP contribution in [-0.2, 0) is 0 Å². The summed E-state index contributed by atoms with van der Waals surface area (Å²) in [7, 11) is 0. The van der Waals surface area contributed by atoms with Gasteiger partial charge in [0.25, 0.3) is 0 Å². The van der Waals surface area contributed by atoms with Gasteiger partial charge in [-0.25, -0.2) is 0 Å². The third-order valence-corrected chi connectivity index (χ3v) is 2.30. The average molecular weight is 262 g/mol. The molecule has 1 aromatic heterocycles. The van der Waals surface area contributed by atoms with Crippen molar-refractivity contribution >= 4 is 5.69 Å². The number of hydrogen-bond donors (Lipinski definition) is 1. The van der Waals surface area contributed by atoms with Crippen molar-refractivity contribution in [1.29, 1.82) is 15.8 Å². The van der Waals surface area contributed by atoms with Crippen LogP contribution < -0.4 is 5.32 Å². The van der Waals surface area contributed by atoms with Gasteiger partial charge in [-0.05, 0) is 29.5 Å². The van der Waals surface area contributed by atoms with Crippen molar-refractivity contribution in [1.82, 2.24) is 20.2 Å². The maximum absolute atomic E-state index is 8.92. The highest BCUT2D eigenvalue weighted by molar-refractivity contribution is 5.59. The zero-order chi connectivity index (χ0) is 14.4. The van der Waals surface area contributed by atoms with Crippen LogP contribution in [0.1, 0.15) is 0 Å². The van der Waals surface area contributed by atoms with Crippen LogP contribution in [0, 0.1) is 34.0 Å². The Morgan fingerprint density at radius 1 is 1.05 bits per heavy atom. The van der Waals surface area contributed by atoms with Gasteiger partial charge < -0.3 is 5.32 Å². The van der Waals surface area contributed by atoms with E-state index in [1.165, 1.54) is 11.1 Å². The van der Waals surface area contributed by atoms with Crippen molar-refractivity contribution in [2.75, 3.05) is 5.32 Å². The molecule has 0 saturated carbocycles. The summed E-state index contributed by atoms with van der Waals surface area (Å²) in [6, 6.07) is 11.8. The molecule has 2 rings (SSSR count). The molecule has 0 amide bonds. The number of nitrogens with one attached hydrogen (secondary N) is 1. The molecule has 1 heterocycles. The summed E-state index contributed by atoms with van der Waals surface area (Å²) in [5, 5.41) is 40.3. The van der Waals surface area contributed by atoms with Crippen molar-refractivity contribution in [3.63, 3.8) is 0 Å². The van der Waals surface area contributed by atoms with E-state index in [1.807, 2.05) is 0 Å². The first-order valence-corrected chi connectivity index (χ1v) is 5.33. The molecule has 0 atom stereocenters. The summed E-state index contributed by atoms with van der Waals surface area (Å²) < 4.78 is 0. The summed E-state index contributed by atoms with van der Waals surface area (Å²) in [5.41, 5.74) is 0.890. The molecular formula is C12H6N8. The van der Waals surface area contributed by atoms with Crippen LogP contribution in [0.25, 0.3) is 5.69 Å². The Morgan fingerprint density at radius 2 is 1.75 bits per heavy atom. The van der Waals surface area contributed by atoms with E-state index < -0.39 is 0 Å². The molecule has 0 fully saturated rings. The minimum atomic E-state index is -0.269. The van der Waals surface area contributed by atoms with E-state index in [-0.39, 0.29) is 11.3 Å². The molecule has 8 nitrogen and oxygen atoms in total. The van der Waals surface area contributed by atoms with Crippen molar-refractivity contribution in [2.45, 2.75) is 0 Å². The van der Waals surface area contributed by atoms with Gasteiger partial charge in [0.2, 0.25) is 0 Å². The van der Waals surface area contributed by atoms with Crippen LogP contribution >= 0.6 is 0 Å². The van der Waals surface area contributed by atoms with Crippen LogP contribution in [0.15, 0.2) is 41.9 Å². The Bertz CT molecular complexity index is 734. The Labute approximate surface area is 113 Å². The zero-order valence-corrected chi connectivity index (χ0v) is 10.0. The molecule has 0 radical (unpaired) electrons. The molecule has 1 N–H and O–H groups in total. The maximum Gasteiger partial charge on any atom is 0.163 e. The smallest absolute Gasteiger partial charge is 0.163 e. The molecule has 0 aliphatic rings. The van der Waals surface area contributed by atoms with Gasteiger partial charge in [0.05, 0.1) is 5.69 Å². The Hall–Kier alpha value is -3.70. The molecule has 0 unspecified atom stereocenters. The number of nitriles is 3. The number of benzene rings is 1. The molecule has 8 heteroatoms. The predicted molar refractivity (Wildman–Crippen MR) is 66.6 cm³/mol. The lowest BCUT2D eigenvalue weighted by molar-refractivity contribution is 0.720. The third kappa shape index (κ3) is 2.58. The van der Waals surface area contributed by atoms with E-state index in [1.54, 1.807) is 42.5 Å². The number of allylic oxidation sites excluding steroid dienone is 2. The van der Waals surface area contributed by atoms with Gasteiger partial charge in [-0.15, -0.1) is 15.0 Å². The Balaban J connectivity index is 2.25. The molecule has 1 aromatic carbocycles. The normalized spacial score (nSPS) is 8.85. The fourth-order valence-electron chi connectivity index (χ4n) is 1.39. The van der Waals surface area contributed by atoms with Gasteiger partial charge in [0.15, 0.2) is 11.9 Å². The van der Waals surface area contributed by atoms with Gasteiger partial charge in [-0.3, -0.25) is 0 Å². The van der Waals surface area contributed by atoms with Gasteiger partial charge in [-0.2, -0.15) is 15.8 Å². The van der Waals surface area contributed by atoms with Gasteiger partial charge >= 0.3 is 0 Å². The average Bonchev–Trinajstić information content (AvgIpc) is 3.02. The van der Waals surface area contributed by atoms with Crippen molar-refractivity contribution in [3.8, 4) is 23.9 Å². The lowest BCUT2D eigenvalue weighted by atomic mass is 10.2. The van der Waals surface area contributed by atoms with E-state index in [4.69, 9.17) is 15.8 Å². The summed E-state index contributed by atoms with van der Waals surface area (Å²) in [6.07, 6.45) is 1.31. The minimum absolute atomic E-state index is 0.0957. The molecule has 20 heavy (non-hydrogen) atoms. The highest BCUT2D eigenvalue weighted by Gasteiger charge is 2.06. The highest BCUT2D eigenvalue weighted by atomic mass is 15.6. The van der Waals surface area contributed by atoms with E-state index >= 15 is 0 Å². The molecule has 0 spiro atoms. The topological polar surface area (TPSA) is 127 Å². The number of nitrogens with zero attached hydrogens (tertiary/aromatic N) is 7. The maximum atomic E-state index is 8.92. The minimum Gasteiger partial charge on any atom is -0.345 e. The molecule has 0 aliphatic carbocycles. The van der Waals surface area contributed by atoms with Crippen LogP contribution in [-0.4, -0.2) is 20.2 Å². The van der Waals surface area contributed by atoms with Crippen molar-refractivity contribution in [3.05, 3.63) is 41.9 Å². The molecular weight excluding hydrogens is 256 g/mol. The standard InChI is InChI=1S/C12H6N8/c13-5-9(6-14)12(7-15)18-10-1-3-11(4-2-10)20-17-8-16-19-20/h1-4,8,18H. The molecule has 2 aromatic rings. The van der Waals surface area contributed by atoms with E-state index in [0.29, 0.717) is 11.4 Å². The first kappa shape index (κ1) is 12.7. The van der Waals surface area contributed by atoms with Crippen molar-refractivity contribution in [2.24, 2.45) is 0 Å². The van der Waals surface area contributed by atoms with E-state index in [2.05, 4.69) is 20.7 Å². The SMILES string of the molecule is N#CC(C#N)=C(C#N)Nc1ccc(-n2ncnn2)cc1. The van der Waals surface area contributed by atoms with Crippen LogP contribution in [0.5, 0.6) is 0 Å². The summed E-state index contributed by atoms with van der Waals surface area (Å²) in [5.74, 6) is 0.